The number of carbonyl (C=O) groups is 3. The van der Waals surface area contributed by atoms with Gasteiger partial charge in [0.1, 0.15) is 17.3 Å². The van der Waals surface area contributed by atoms with E-state index in [1.807, 2.05) is 32.9 Å². The quantitative estimate of drug-likeness (QED) is 0.304. The number of ketones is 3. The Morgan fingerprint density at radius 3 is 2.34 bits per heavy atom. The van der Waals surface area contributed by atoms with E-state index >= 15 is 0 Å². The van der Waals surface area contributed by atoms with Crippen LogP contribution in [0, 0.1) is 24.7 Å². The van der Waals surface area contributed by atoms with Gasteiger partial charge >= 0.3 is 0 Å². The number of aryl methyl sites for hydroxylation is 1. The van der Waals surface area contributed by atoms with Crippen LogP contribution in [0.4, 0.5) is 0 Å². The van der Waals surface area contributed by atoms with Crippen LogP contribution in [-0.2, 0) is 16.0 Å². The number of rotatable bonds is 12. The maximum atomic E-state index is 13.4. The van der Waals surface area contributed by atoms with Gasteiger partial charge in [0.2, 0.25) is 0 Å². The third-order valence-corrected chi connectivity index (χ3v) is 7.38. The summed E-state index contributed by atoms with van der Waals surface area (Å²) in [7, 11) is 0. The molecule has 0 aliphatic heterocycles. The molecule has 1 aliphatic carbocycles. The second-order valence-corrected chi connectivity index (χ2v) is 10.1. The maximum Gasteiger partial charge on any atom is 0.163 e. The highest BCUT2D eigenvalue weighted by molar-refractivity contribution is 6.02. The molecule has 188 valence electrons. The molecular weight excluding hydrogens is 436 g/mol. The van der Waals surface area contributed by atoms with E-state index in [0.29, 0.717) is 13.0 Å². The molecule has 1 aliphatic rings. The second kappa shape index (κ2) is 12.3. The van der Waals surface area contributed by atoms with E-state index in [4.69, 9.17) is 4.74 Å². The molecule has 0 saturated heterocycles. The molecule has 3 rings (SSSR count). The van der Waals surface area contributed by atoms with Crippen LogP contribution in [0.5, 0.6) is 5.75 Å². The van der Waals surface area contributed by atoms with Crippen molar-refractivity contribution in [2.75, 3.05) is 6.61 Å². The lowest BCUT2D eigenvalue weighted by Crippen LogP contribution is -2.30. The molecular formula is C31H40O4. The van der Waals surface area contributed by atoms with Crippen LogP contribution in [0.15, 0.2) is 36.4 Å². The van der Waals surface area contributed by atoms with Gasteiger partial charge in [-0.3, -0.25) is 14.4 Å². The molecule has 3 unspecified atom stereocenters. The van der Waals surface area contributed by atoms with Gasteiger partial charge < -0.3 is 4.74 Å². The average molecular weight is 477 g/mol. The standard InChI is InChI=1S/C31H40O4/c1-6-9-24(26(7-2)29(33)16-21(5)32)17-22-18-28-27(15-10-20(4)31(28)30(34)19-22)23-11-13-25(14-12-23)35-8-3/h10-15,22,24,26H,6-9,16-19H2,1-5H3. The summed E-state index contributed by atoms with van der Waals surface area (Å²) in [5, 5.41) is 0. The van der Waals surface area contributed by atoms with E-state index in [2.05, 4.69) is 31.2 Å². The van der Waals surface area contributed by atoms with E-state index in [1.54, 1.807) is 0 Å². The van der Waals surface area contributed by atoms with Gasteiger partial charge in [-0.2, -0.15) is 0 Å². The average Bonchev–Trinajstić information content (AvgIpc) is 2.80. The monoisotopic (exact) mass is 476 g/mol. The zero-order valence-corrected chi connectivity index (χ0v) is 22.0. The van der Waals surface area contributed by atoms with E-state index in [-0.39, 0.29) is 41.5 Å². The summed E-state index contributed by atoms with van der Waals surface area (Å²) >= 11 is 0. The highest BCUT2D eigenvalue weighted by Crippen LogP contribution is 2.40. The molecule has 0 radical (unpaired) electrons. The SMILES string of the molecule is CCCC(CC1CC(=O)c2c(C)ccc(-c3ccc(OCC)cc3)c2C1)C(CC)C(=O)CC(C)=O. The fourth-order valence-electron chi connectivity index (χ4n) is 5.91. The maximum absolute atomic E-state index is 13.4. The third kappa shape index (κ3) is 6.48. The first kappa shape index (κ1) is 26.8. The number of hydrogen-bond acceptors (Lipinski definition) is 4. The summed E-state index contributed by atoms with van der Waals surface area (Å²) < 4.78 is 5.60. The zero-order chi connectivity index (χ0) is 25.5. The molecule has 4 heteroatoms. The molecule has 0 spiro atoms. The third-order valence-electron chi connectivity index (χ3n) is 7.38. The van der Waals surface area contributed by atoms with Crippen LogP contribution >= 0.6 is 0 Å². The Morgan fingerprint density at radius 2 is 1.74 bits per heavy atom. The van der Waals surface area contributed by atoms with Crippen molar-refractivity contribution >= 4 is 17.3 Å². The van der Waals surface area contributed by atoms with Crippen molar-refractivity contribution in [3.05, 3.63) is 53.1 Å². The molecule has 0 heterocycles. The van der Waals surface area contributed by atoms with Crippen molar-refractivity contribution in [1.82, 2.24) is 0 Å². The second-order valence-electron chi connectivity index (χ2n) is 10.1. The lowest BCUT2D eigenvalue weighted by molar-refractivity contribution is -0.129. The fourth-order valence-corrected chi connectivity index (χ4v) is 5.91. The first-order chi connectivity index (χ1) is 16.8. The minimum Gasteiger partial charge on any atom is -0.494 e. The molecule has 0 aromatic heterocycles. The Kier molecular flexibility index (Phi) is 9.42. The number of carbonyl (C=O) groups excluding carboxylic acids is 3. The highest BCUT2D eigenvalue weighted by Gasteiger charge is 2.33. The fraction of sp³-hybridized carbons (Fsp3) is 0.516. The first-order valence-corrected chi connectivity index (χ1v) is 13.2. The lowest BCUT2D eigenvalue weighted by Gasteiger charge is -2.32. The van der Waals surface area contributed by atoms with Crippen LogP contribution in [-0.4, -0.2) is 24.0 Å². The largest absolute Gasteiger partial charge is 0.494 e. The Morgan fingerprint density at radius 1 is 1.03 bits per heavy atom. The van der Waals surface area contributed by atoms with E-state index in [0.717, 1.165) is 65.7 Å². The molecule has 0 bridgehead atoms. The Hall–Kier alpha value is -2.75. The van der Waals surface area contributed by atoms with Crippen LogP contribution in [0.1, 0.15) is 87.7 Å². The van der Waals surface area contributed by atoms with Gasteiger partial charge in [0.15, 0.2) is 5.78 Å². The van der Waals surface area contributed by atoms with Gasteiger partial charge in [-0.1, -0.05) is 51.0 Å². The number of Topliss-reactive ketones (excluding diaryl/α,β-unsaturated/α-hetero) is 3. The van der Waals surface area contributed by atoms with Gasteiger partial charge in [-0.05, 0) is 86.3 Å². The smallest absolute Gasteiger partial charge is 0.163 e. The minimum absolute atomic E-state index is 0.0201. The van der Waals surface area contributed by atoms with Crippen molar-refractivity contribution in [3.63, 3.8) is 0 Å². The zero-order valence-electron chi connectivity index (χ0n) is 22.0. The Bertz CT molecular complexity index is 1050. The first-order valence-electron chi connectivity index (χ1n) is 13.2. The molecule has 3 atom stereocenters. The van der Waals surface area contributed by atoms with Gasteiger partial charge in [0.25, 0.3) is 0 Å². The van der Waals surface area contributed by atoms with Crippen molar-refractivity contribution in [1.29, 1.82) is 0 Å². The summed E-state index contributed by atoms with van der Waals surface area (Å²) in [6.45, 7) is 10.3. The topological polar surface area (TPSA) is 60.4 Å². The van der Waals surface area contributed by atoms with Crippen LogP contribution in [0.3, 0.4) is 0 Å². The molecule has 0 saturated carbocycles. The Labute approximate surface area is 210 Å². The van der Waals surface area contributed by atoms with E-state index < -0.39 is 0 Å². The molecule has 0 amide bonds. The molecule has 0 N–H and O–H groups in total. The van der Waals surface area contributed by atoms with Gasteiger partial charge in [0, 0.05) is 17.9 Å². The number of benzene rings is 2. The predicted molar refractivity (Wildman–Crippen MR) is 141 cm³/mol. The van der Waals surface area contributed by atoms with Gasteiger partial charge in [-0.15, -0.1) is 0 Å². The predicted octanol–water partition coefficient (Wildman–Crippen LogP) is 7.19. The van der Waals surface area contributed by atoms with E-state index in [1.165, 1.54) is 6.92 Å². The summed E-state index contributed by atoms with van der Waals surface area (Å²) in [6, 6.07) is 12.3. The summed E-state index contributed by atoms with van der Waals surface area (Å²) in [5.74, 6) is 1.34. The number of ether oxygens (including phenoxy) is 1. The summed E-state index contributed by atoms with van der Waals surface area (Å²) in [4.78, 5) is 37.8. The molecule has 0 fully saturated rings. The van der Waals surface area contributed by atoms with Gasteiger partial charge in [-0.25, -0.2) is 0 Å². The van der Waals surface area contributed by atoms with Crippen molar-refractivity contribution in [2.45, 2.75) is 79.6 Å². The van der Waals surface area contributed by atoms with E-state index in [9.17, 15) is 14.4 Å². The minimum atomic E-state index is -0.113. The van der Waals surface area contributed by atoms with Crippen molar-refractivity contribution in [3.8, 4) is 16.9 Å². The highest BCUT2D eigenvalue weighted by atomic mass is 16.5. The van der Waals surface area contributed by atoms with Crippen molar-refractivity contribution < 1.29 is 19.1 Å². The van der Waals surface area contributed by atoms with Crippen LogP contribution in [0.25, 0.3) is 11.1 Å². The van der Waals surface area contributed by atoms with Gasteiger partial charge in [0.05, 0.1) is 13.0 Å². The molecule has 2 aromatic carbocycles. The summed E-state index contributed by atoms with van der Waals surface area (Å²) in [5.41, 5.74) is 5.24. The van der Waals surface area contributed by atoms with Crippen LogP contribution < -0.4 is 4.74 Å². The Balaban J connectivity index is 1.90. The molecule has 4 nitrogen and oxygen atoms in total. The van der Waals surface area contributed by atoms with Crippen LogP contribution in [0.2, 0.25) is 0 Å². The molecule has 35 heavy (non-hydrogen) atoms. The van der Waals surface area contributed by atoms with Crippen molar-refractivity contribution in [2.24, 2.45) is 17.8 Å². The lowest BCUT2D eigenvalue weighted by atomic mass is 9.71. The number of fused-ring (bicyclic) bond motifs is 1. The molecule has 2 aromatic rings. The number of hydrogen-bond donors (Lipinski definition) is 0. The normalized spacial score (nSPS) is 16.9. The summed E-state index contributed by atoms with van der Waals surface area (Å²) in [6.07, 6.45) is 4.90.